The second-order valence-corrected chi connectivity index (χ2v) is 5.46. The first-order chi connectivity index (χ1) is 11.6. The summed E-state index contributed by atoms with van der Waals surface area (Å²) in [5.41, 5.74) is 7.64. The predicted molar refractivity (Wildman–Crippen MR) is 89.0 cm³/mol. The minimum Gasteiger partial charge on any atom is -0.382 e. The van der Waals surface area contributed by atoms with E-state index in [1.807, 2.05) is 36.4 Å². The third-order valence-corrected chi connectivity index (χ3v) is 3.77. The third kappa shape index (κ3) is 3.43. The van der Waals surface area contributed by atoms with Gasteiger partial charge in [0.2, 0.25) is 12.0 Å². The molecule has 0 radical (unpaired) electrons. The first-order valence-electron chi connectivity index (χ1n) is 7.58. The number of benzene rings is 2. The Morgan fingerprint density at radius 2 is 1.71 bits per heavy atom. The number of nitrogens with one attached hydrogen (secondary N) is 1. The van der Waals surface area contributed by atoms with E-state index in [1.165, 1.54) is 0 Å². The molecule has 122 valence electrons. The smallest absolute Gasteiger partial charge is 0.265 e. The van der Waals surface area contributed by atoms with Crippen LogP contribution in [0.15, 0.2) is 65.8 Å². The van der Waals surface area contributed by atoms with Gasteiger partial charge in [0.1, 0.15) is 6.04 Å². The Morgan fingerprint density at radius 3 is 2.33 bits per heavy atom. The van der Waals surface area contributed by atoms with Crippen LogP contribution in [0.5, 0.6) is 0 Å². The number of carbonyl (C=O) groups is 2. The summed E-state index contributed by atoms with van der Waals surface area (Å²) in [5.74, 6) is -1.05. The lowest BCUT2D eigenvalue weighted by atomic mass is 10.0. The SMILES string of the molecule is NC(=O)[C@@H](NC(=O)[C@H]1CC(c2ccccc2)=NO1)c1ccccc1. The summed E-state index contributed by atoms with van der Waals surface area (Å²) in [6.07, 6.45) is -0.429. The number of primary amides is 1. The number of hydrogen-bond donors (Lipinski definition) is 2. The van der Waals surface area contributed by atoms with E-state index in [2.05, 4.69) is 10.5 Å². The molecule has 0 saturated carbocycles. The molecule has 6 heteroatoms. The van der Waals surface area contributed by atoms with E-state index in [4.69, 9.17) is 10.6 Å². The zero-order chi connectivity index (χ0) is 16.9. The molecule has 0 spiro atoms. The van der Waals surface area contributed by atoms with E-state index in [0.29, 0.717) is 17.7 Å². The topological polar surface area (TPSA) is 93.8 Å². The standard InChI is InChI=1S/C18H17N3O3/c19-17(22)16(13-9-5-2-6-10-13)20-18(23)15-11-14(21-24-15)12-7-3-1-4-8-12/h1-10,15-16H,11H2,(H2,19,22)(H,20,23)/t15-,16+/m1/s1. The fraction of sp³-hybridized carbons (Fsp3) is 0.167. The highest BCUT2D eigenvalue weighted by molar-refractivity contribution is 6.04. The van der Waals surface area contributed by atoms with Crippen LogP contribution in [0.3, 0.4) is 0 Å². The van der Waals surface area contributed by atoms with Gasteiger partial charge in [0.25, 0.3) is 5.91 Å². The molecule has 2 amide bonds. The van der Waals surface area contributed by atoms with Crippen molar-refractivity contribution >= 4 is 17.5 Å². The Labute approximate surface area is 139 Å². The summed E-state index contributed by atoms with van der Waals surface area (Å²) < 4.78 is 0. The number of oxime groups is 1. The van der Waals surface area contributed by atoms with Crippen molar-refractivity contribution in [3.63, 3.8) is 0 Å². The number of amides is 2. The van der Waals surface area contributed by atoms with Gasteiger partial charge in [-0.05, 0) is 11.1 Å². The molecule has 3 N–H and O–H groups in total. The summed E-state index contributed by atoms with van der Waals surface area (Å²) in [6, 6.07) is 17.4. The van der Waals surface area contributed by atoms with Gasteiger partial charge in [-0.25, -0.2) is 0 Å². The summed E-state index contributed by atoms with van der Waals surface area (Å²) >= 11 is 0. The van der Waals surface area contributed by atoms with Crippen molar-refractivity contribution in [2.45, 2.75) is 18.6 Å². The first-order valence-corrected chi connectivity index (χ1v) is 7.58. The van der Waals surface area contributed by atoms with Gasteiger partial charge in [0, 0.05) is 6.42 Å². The van der Waals surface area contributed by atoms with Gasteiger partial charge >= 0.3 is 0 Å². The van der Waals surface area contributed by atoms with E-state index < -0.39 is 24.0 Å². The van der Waals surface area contributed by atoms with Crippen LogP contribution in [-0.4, -0.2) is 23.6 Å². The van der Waals surface area contributed by atoms with E-state index >= 15 is 0 Å². The minimum absolute atomic E-state index is 0.343. The first kappa shape index (κ1) is 15.7. The van der Waals surface area contributed by atoms with Crippen molar-refractivity contribution in [2.24, 2.45) is 10.9 Å². The fourth-order valence-corrected chi connectivity index (χ4v) is 2.52. The molecule has 2 atom stereocenters. The van der Waals surface area contributed by atoms with Crippen molar-refractivity contribution in [2.75, 3.05) is 0 Å². The van der Waals surface area contributed by atoms with Gasteiger partial charge in [-0.2, -0.15) is 0 Å². The Balaban J connectivity index is 1.66. The highest BCUT2D eigenvalue weighted by Crippen LogP contribution is 2.18. The number of nitrogens with two attached hydrogens (primary N) is 1. The summed E-state index contributed by atoms with van der Waals surface area (Å²) in [4.78, 5) is 29.3. The van der Waals surface area contributed by atoms with Gasteiger partial charge in [0.05, 0.1) is 5.71 Å². The van der Waals surface area contributed by atoms with E-state index in [1.54, 1.807) is 24.3 Å². The molecule has 2 aromatic carbocycles. The average molecular weight is 323 g/mol. The lowest BCUT2D eigenvalue weighted by Crippen LogP contribution is -2.42. The Hall–Kier alpha value is -3.15. The van der Waals surface area contributed by atoms with Crippen molar-refractivity contribution in [3.05, 3.63) is 71.8 Å². The number of hydrogen-bond acceptors (Lipinski definition) is 4. The van der Waals surface area contributed by atoms with Gasteiger partial charge in [0.15, 0.2) is 0 Å². The van der Waals surface area contributed by atoms with Crippen LogP contribution < -0.4 is 11.1 Å². The number of nitrogens with zero attached hydrogens (tertiary/aromatic N) is 1. The molecule has 0 aromatic heterocycles. The molecule has 2 aromatic rings. The normalized spacial score (nSPS) is 17.5. The third-order valence-electron chi connectivity index (χ3n) is 3.77. The molecule has 1 aliphatic rings. The number of rotatable bonds is 5. The molecule has 1 heterocycles. The Kier molecular flexibility index (Phi) is 4.56. The fourth-order valence-electron chi connectivity index (χ4n) is 2.52. The van der Waals surface area contributed by atoms with Gasteiger partial charge in [-0.15, -0.1) is 0 Å². The molecular formula is C18H17N3O3. The quantitative estimate of drug-likeness (QED) is 0.873. The number of carbonyl (C=O) groups excluding carboxylic acids is 2. The summed E-state index contributed by atoms with van der Waals surface area (Å²) in [7, 11) is 0. The van der Waals surface area contributed by atoms with Crippen LogP contribution in [0.25, 0.3) is 0 Å². The van der Waals surface area contributed by atoms with E-state index in [-0.39, 0.29) is 0 Å². The second kappa shape index (κ2) is 6.95. The maximum atomic E-state index is 12.4. The Morgan fingerprint density at radius 1 is 1.08 bits per heavy atom. The minimum atomic E-state index is -0.900. The van der Waals surface area contributed by atoms with Crippen LogP contribution >= 0.6 is 0 Å². The Bertz CT molecular complexity index is 760. The lowest BCUT2D eigenvalue weighted by Gasteiger charge is -2.17. The molecule has 1 aliphatic heterocycles. The van der Waals surface area contributed by atoms with Crippen LogP contribution in [0.2, 0.25) is 0 Å². The van der Waals surface area contributed by atoms with E-state index in [9.17, 15) is 9.59 Å². The maximum Gasteiger partial charge on any atom is 0.265 e. The molecule has 6 nitrogen and oxygen atoms in total. The zero-order valence-electron chi connectivity index (χ0n) is 12.9. The highest BCUT2D eigenvalue weighted by atomic mass is 16.6. The second-order valence-electron chi connectivity index (χ2n) is 5.46. The predicted octanol–water partition coefficient (Wildman–Crippen LogP) is 1.52. The summed E-state index contributed by atoms with van der Waals surface area (Å²) in [5, 5.41) is 6.61. The van der Waals surface area contributed by atoms with Crippen LogP contribution in [-0.2, 0) is 14.4 Å². The lowest BCUT2D eigenvalue weighted by molar-refractivity contribution is -0.134. The largest absolute Gasteiger partial charge is 0.382 e. The maximum absolute atomic E-state index is 12.4. The molecule has 3 rings (SSSR count). The highest BCUT2D eigenvalue weighted by Gasteiger charge is 2.31. The molecule has 0 bridgehead atoms. The van der Waals surface area contributed by atoms with Crippen molar-refractivity contribution < 1.29 is 14.4 Å². The van der Waals surface area contributed by atoms with Crippen molar-refractivity contribution in [1.82, 2.24) is 5.32 Å². The zero-order valence-corrected chi connectivity index (χ0v) is 12.9. The van der Waals surface area contributed by atoms with Gasteiger partial charge < -0.3 is 15.9 Å². The molecule has 0 aliphatic carbocycles. The molecule has 0 unspecified atom stereocenters. The van der Waals surface area contributed by atoms with Gasteiger partial charge in [-0.1, -0.05) is 65.8 Å². The van der Waals surface area contributed by atoms with Crippen molar-refractivity contribution in [3.8, 4) is 0 Å². The molecular weight excluding hydrogens is 306 g/mol. The average Bonchev–Trinajstić information content (AvgIpc) is 3.11. The van der Waals surface area contributed by atoms with Crippen molar-refractivity contribution in [1.29, 1.82) is 0 Å². The van der Waals surface area contributed by atoms with Crippen LogP contribution in [0, 0.1) is 0 Å². The van der Waals surface area contributed by atoms with Crippen LogP contribution in [0.4, 0.5) is 0 Å². The van der Waals surface area contributed by atoms with E-state index in [0.717, 1.165) is 5.56 Å². The van der Waals surface area contributed by atoms with Gasteiger partial charge in [-0.3, -0.25) is 9.59 Å². The molecule has 0 fully saturated rings. The van der Waals surface area contributed by atoms with Crippen LogP contribution in [0.1, 0.15) is 23.6 Å². The molecule has 0 saturated heterocycles. The summed E-state index contributed by atoms with van der Waals surface area (Å²) in [6.45, 7) is 0. The molecule has 24 heavy (non-hydrogen) atoms. The monoisotopic (exact) mass is 323 g/mol.